The Hall–Kier alpha value is -0.920. The van der Waals surface area contributed by atoms with E-state index in [1.165, 1.54) is 18.2 Å². The van der Waals surface area contributed by atoms with Crippen LogP contribution in [0.15, 0.2) is 29.2 Å². The molecule has 0 saturated carbocycles. The quantitative estimate of drug-likeness (QED) is 0.715. The number of rotatable bonds is 5. The second-order valence-corrected chi connectivity index (χ2v) is 4.37. The molecule has 7 heteroatoms. The molecule has 0 aliphatic rings. The third kappa shape index (κ3) is 5.29. The summed E-state index contributed by atoms with van der Waals surface area (Å²) in [4.78, 5) is 0.0325. The van der Waals surface area contributed by atoms with Gasteiger partial charge in [0.05, 0.1) is 12.7 Å². The van der Waals surface area contributed by atoms with Gasteiger partial charge in [-0.3, -0.25) is 0 Å². The van der Waals surface area contributed by atoms with Crippen molar-refractivity contribution in [1.82, 2.24) is 0 Å². The first-order valence-electron chi connectivity index (χ1n) is 4.80. The van der Waals surface area contributed by atoms with E-state index in [9.17, 15) is 13.2 Å². The minimum atomic E-state index is -4.35. The second kappa shape index (κ2) is 6.13. The van der Waals surface area contributed by atoms with E-state index in [4.69, 9.17) is 10.2 Å². The number of para-hydroxylation sites is 1. The highest BCUT2D eigenvalue weighted by molar-refractivity contribution is 8.00. The number of aliphatic hydroxyl groups is 2. The van der Waals surface area contributed by atoms with E-state index in [0.717, 1.165) is 0 Å². The van der Waals surface area contributed by atoms with E-state index in [1.54, 1.807) is 6.07 Å². The van der Waals surface area contributed by atoms with Gasteiger partial charge in [-0.15, -0.1) is 0 Å². The van der Waals surface area contributed by atoms with Crippen LogP contribution < -0.4 is 5.32 Å². The number of halogens is 3. The molecular formula is C10H12F3NO2S. The number of thioether (sulfide) groups is 1. The summed E-state index contributed by atoms with van der Waals surface area (Å²) in [6.07, 6.45) is -1.00. The van der Waals surface area contributed by atoms with Crippen LogP contribution in [0.5, 0.6) is 0 Å². The highest BCUT2D eigenvalue weighted by atomic mass is 32.2. The third-order valence-electron chi connectivity index (χ3n) is 1.85. The summed E-state index contributed by atoms with van der Waals surface area (Å²) in [6, 6.07) is 5.92. The summed E-state index contributed by atoms with van der Waals surface area (Å²) in [5.41, 5.74) is -4.07. The van der Waals surface area contributed by atoms with Crippen LogP contribution in [0.4, 0.5) is 18.9 Å². The van der Waals surface area contributed by atoms with Crippen molar-refractivity contribution in [2.24, 2.45) is 0 Å². The molecule has 1 rings (SSSR count). The molecule has 1 aromatic rings. The molecule has 1 unspecified atom stereocenters. The Morgan fingerprint density at radius 2 is 1.94 bits per heavy atom. The first-order valence-corrected chi connectivity index (χ1v) is 5.61. The van der Waals surface area contributed by atoms with Gasteiger partial charge in [-0.1, -0.05) is 12.1 Å². The smallest absolute Gasteiger partial charge is 0.394 e. The number of aliphatic hydroxyl groups excluding tert-OH is 2. The van der Waals surface area contributed by atoms with Crippen molar-refractivity contribution in [1.29, 1.82) is 0 Å². The molecule has 0 aliphatic carbocycles. The molecule has 1 atom stereocenters. The maximum atomic E-state index is 12.2. The zero-order chi connectivity index (χ0) is 12.9. The Labute approximate surface area is 101 Å². The highest BCUT2D eigenvalue weighted by Crippen LogP contribution is 2.40. The molecule has 0 fully saturated rings. The molecule has 0 aromatic heterocycles. The minimum Gasteiger partial charge on any atom is -0.394 e. The van der Waals surface area contributed by atoms with E-state index in [1.807, 2.05) is 0 Å². The van der Waals surface area contributed by atoms with Crippen molar-refractivity contribution in [2.45, 2.75) is 16.5 Å². The van der Waals surface area contributed by atoms with Crippen molar-refractivity contribution < 1.29 is 23.4 Å². The van der Waals surface area contributed by atoms with Gasteiger partial charge in [0, 0.05) is 17.1 Å². The van der Waals surface area contributed by atoms with Crippen LogP contribution in [0.3, 0.4) is 0 Å². The average molecular weight is 267 g/mol. The Morgan fingerprint density at radius 3 is 2.53 bits per heavy atom. The van der Waals surface area contributed by atoms with E-state index in [2.05, 4.69) is 5.32 Å². The standard InChI is InChI=1S/C10H12F3NO2S/c11-10(12,13)17-9-4-2-1-3-8(9)14-5-7(16)6-15/h1-4,7,14-16H,5-6H2. The topological polar surface area (TPSA) is 52.5 Å². The van der Waals surface area contributed by atoms with Gasteiger partial charge in [0.25, 0.3) is 0 Å². The maximum Gasteiger partial charge on any atom is 0.446 e. The van der Waals surface area contributed by atoms with E-state index >= 15 is 0 Å². The largest absolute Gasteiger partial charge is 0.446 e. The predicted molar refractivity (Wildman–Crippen MR) is 59.9 cm³/mol. The zero-order valence-electron chi connectivity index (χ0n) is 8.74. The molecule has 3 nitrogen and oxygen atoms in total. The fourth-order valence-electron chi connectivity index (χ4n) is 1.12. The fourth-order valence-corrected chi connectivity index (χ4v) is 1.76. The normalized spacial score (nSPS) is 13.5. The van der Waals surface area contributed by atoms with E-state index in [0.29, 0.717) is 0 Å². The van der Waals surface area contributed by atoms with Gasteiger partial charge < -0.3 is 15.5 Å². The number of benzene rings is 1. The van der Waals surface area contributed by atoms with Crippen molar-refractivity contribution in [3.63, 3.8) is 0 Å². The zero-order valence-corrected chi connectivity index (χ0v) is 9.55. The predicted octanol–water partition coefficient (Wildman–Crippen LogP) is 2.06. The lowest BCUT2D eigenvalue weighted by Gasteiger charge is -2.14. The Morgan fingerprint density at radius 1 is 1.29 bits per heavy atom. The summed E-state index contributed by atoms with van der Waals surface area (Å²) in [7, 11) is 0. The first-order chi connectivity index (χ1) is 7.92. The average Bonchev–Trinajstić information content (AvgIpc) is 2.25. The van der Waals surface area contributed by atoms with Gasteiger partial charge in [-0.05, 0) is 23.9 Å². The van der Waals surface area contributed by atoms with Crippen LogP contribution >= 0.6 is 11.8 Å². The fraction of sp³-hybridized carbons (Fsp3) is 0.400. The molecule has 0 saturated heterocycles. The Kier molecular flexibility index (Phi) is 5.10. The van der Waals surface area contributed by atoms with Crippen LogP contribution in [0.1, 0.15) is 0 Å². The van der Waals surface area contributed by atoms with Crippen LogP contribution in [-0.2, 0) is 0 Å². The molecule has 17 heavy (non-hydrogen) atoms. The summed E-state index contributed by atoms with van der Waals surface area (Å²) >= 11 is -0.220. The lowest BCUT2D eigenvalue weighted by molar-refractivity contribution is -0.0327. The van der Waals surface area contributed by atoms with Crippen molar-refractivity contribution in [3.8, 4) is 0 Å². The summed E-state index contributed by atoms with van der Waals surface area (Å²) in [6.45, 7) is -0.451. The molecule has 0 spiro atoms. The monoisotopic (exact) mass is 267 g/mol. The number of hydrogen-bond donors (Lipinski definition) is 3. The number of alkyl halides is 3. The van der Waals surface area contributed by atoms with Crippen molar-refractivity contribution >= 4 is 17.4 Å². The summed E-state index contributed by atoms with van der Waals surface area (Å²) in [5.74, 6) is 0. The second-order valence-electron chi connectivity index (χ2n) is 3.26. The summed E-state index contributed by atoms with van der Waals surface area (Å²) in [5, 5.41) is 20.4. The molecule has 96 valence electrons. The number of hydrogen-bond acceptors (Lipinski definition) is 4. The first kappa shape index (κ1) is 14.1. The minimum absolute atomic E-state index is 0.00801. The van der Waals surface area contributed by atoms with E-state index in [-0.39, 0.29) is 28.9 Å². The number of anilines is 1. The van der Waals surface area contributed by atoms with Crippen LogP contribution in [-0.4, -0.2) is 35.0 Å². The molecular weight excluding hydrogens is 255 g/mol. The van der Waals surface area contributed by atoms with Gasteiger partial charge in [-0.25, -0.2) is 0 Å². The van der Waals surface area contributed by atoms with Gasteiger partial charge >= 0.3 is 5.51 Å². The Bertz CT molecular complexity index is 360. The highest BCUT2D eigenvalue weighted by Gasteiger charge is 2.30. The van der Waals surface area contributed by atoms with Gasteiger partial charge in [0.15, 0.2) is 0 Å². The van der Waals surface area contributed by atoms with Crippen molar-refractivity contribution in [3.05, 3.63) is 24.3 Å². The lowest BCUT2D eigenvalue weighted by atomic mass is 10.3. The van der Waals surface area contributed by atoms with Gasteiger partial charge in [-0.2, -0.15) is 13.2 Å². The molecule has 0 aliphatic heterocycles. The van der Waals surface area contributed by atoms with E-state index < -0.39 is 18.2 Å². The van der Waals surface area contributed by atoms with Crippen molar-refractivity contribution in [2.75, 3.05) is 18.5 Å². The molecule has 0 heterocycles. The molecule has 0 amide bonds. The van der Waals surface area contributed by atoms with Crippen LogP contribution in [0.2, 0.25) is 0 Å². The van der Waals surface area contributed by atoms with Gasteiger partial charge in [0.2, 0.25) is 0 Å². The molecule has 0 radical (unpaired) electrons. The van der Waals surface area contributed by atoms with Crippen LogP contribution in [0.25, 0.3) is 0 Å². The van der Waals surface area contributed by atoms with Gasteiger partial charge in [0.1, 0.15) is 0 Å². The maximum absolute atomic E-state index is 12.2. The lowest BCUT2D eigenvalue weighted by Crippen LogP contribution is -2.23. The Balaban J connectivity index is 2.71. The molecule has 1 aromatic carbocycles. The van der Waals surface area contributed by atoms with Crippen LogP contribution in [0, 0.1) is 0 Å². The summed E-state index contributed by atoms with van der Waals surface area (Å²) < 4.78 is 36.7. The molecule has 0 bridgehead atoms. The SMILES string of the molecule is OCC(O)CNc1ccccc1SC(F)(F)F. The third-order valence-corrected chi connectivity index (χ3v) is 2.66. The molecule has 3 N–H and O–H groups in total. The number of nitrogens with one attached hydrogen (secondary N) is 1.